The molecule has 0 aliphatic rings. The number of halogens is 1. The summed E-state index contributed by atoms with van der Waals surface area (Å²) in [6, 6.07) is 12.7. The van der Waals surface area contributed by atoms with E-state index in [9.17, 15) is 9.59 Å². The number of anilines is 1. The molecule has 2 N–H and O–H groups in total. The summed E-state index contributed by atoms with van der Waals surface area (Å²) in [4.78, 5) is 23.3. The highest BCUT2D eigenvalue weighted by Gasteiger charge is 2.16. The molecule has 3 aromatic rings. The zero-order chi connectivity index (χ0) is 15.7. The molecule has 0 atom stereocenters. The number of rotatable bonds is 3. The number of aromatic carboxylic acids is 1. The molecule has 0 unspecified atom stereocenters. The first kappa shape index (κ1) is 14.2. The highest BCUT2D eigenvalue weighted by Crippen LogP contribution is 2.24. The number of para-hydroxylation sites is 1. The lowest BCUT2D eigenvalue weighted by Gasteiger charge is -2.06. The van der Waals surface area contributed by atoms with E-state index in [1.54, 1.807) is 36.4 Å². The van der Waals surface area contributed by atoms with Gasteiger partial charge in [0.2, 0.25) is 0 Å². The van der Waals surface area contributed by atoms with Crippen LogP contribution in [0.1, 0.15) is 20.9 Å². The van der Waals surface area contributed by atoms with Crippen molar-refractivity contribution in [3.8, 4) is 0 Å². The quantitative estimate of drug-likeness (QED) is 0.764. The number of hydrogen-bond acceptors (Lipinski definition) is 3. The average Bonchev–Trinajstić information content (AvgIpc) is 2.90. The van der Waals surface area contributed by atoms with Gasteiger partial charge in [0.05, 0.1) is 11.3 Å². The standard InChI is InChI=1S/C16H10ClNO4/c17-10-5-6-13-9(7-10)8-14(22-13)15(19)18-12-4-2-1-3-11(12)16(20)21/h1-8H,(H,18,19)(H,20,21). The van der Waals surface area contributed by atoms with E-state index in [-0.39, 0.29) is 17.0 Å². The largest absolute Gasteiger partial charge is 0.478 e. The summed E-state index contributed by atoms with van der Waals surface area (Å²) in [5.41, 5.74) is 0.745. The van der Waals surface area contributed by atoms with Crippen LogP contribution in [0.25, 0.3) is 11.0 Å². The number of benzene rings is 2. The van der Waals surface area contributed by atoms with Gasteiger partial charge in [-0.05, 0) is 36.4 Å². The zero-order valence-corrected chi connectivity index (χ0v) is 11.9. The Bertz CT molecular complexity index is 885. The minimum Gasteiger partial charge on any atom is -0.478 e. The Morgan fingerprint density at radius 1 is 1.09 bits per heavy atom. The molecule has 0 saturated carbocycles. The molecule has 0 saturated heterocycles. The van der Waals surface area contributed by atoms with Gasteiger partial charge < -0.3 is 14.8 Å². The lowest BCUT2D eigenvalue weighted by atomic mass is 10.2. The number of amides is 1. The molecule has 3 rings (SSSR count). The summed E-state index contributed by atoms with van der Waals surface area (Å²) in [5.74, 6) is -1.56. The number of carbonyl (C=O) groups excluding carboxylic acids is 1. The minimum atomic E-state index is -1.12. The third-order valence-corrected chi connectivity index (χ3v) is 3.34. The number of carboxylic acid groups (broad SMARTS) is 1. The van der Waals surface area contributed by atoms with Crippen molar-refractivity contribution in [1.29, 1.82) is 0 Å². The molecule has 110 valence electrons. The summed E-state index contributed by atoms with van der Waals surface area (Å²) in [6.45, 7) is 0. The van der Waals surface area contributed by atoms with Crippen molar-refractivity contribution in [3.63, 3.8) is 0 Å². The highest BCUT2D eigenvalue weighted by atomic mass is 35.5. The third kappa shape index (κ3) is 2.66. The number of fused-ring (bicyclic) bond motifs is 1. The maximum absolute atomic E-state index is 12.2. The lowest BCUT2D eigenvalue weighted by molar-refractivity contribution is 0.0698. The molecule has 2 aromatic carbocycles. The molecule has 0 aliphatic heterocycles. The van der Waals surface area contributed by atoms with Gasteiger partial charge in [-0.2, -0.15) is 0 Å². The van der Waals surface area contributed by atoms with Crippen LogP contribution in [0.4, 0.5) is 5.69 Å². The first-order valence-corrected chi connectivity index (χ1v) is 6.75. The van der Waals surface area contributed by atoms with E-state index >= 15 is 0 Å². The number of furan rings is 1. The lowest BCUT2D eigenvalue weighted by Crippen LogP contribution is -2.13. The molecule has 5 nitrogen and oxygen atoms in total. The van der Waals surface area contributed by atoms with Crippen molar-refractivity contribution < 1.29 is 19.1 Å². The molecule has 22 heavy (non-hydrogen) atoms. The SMILES string of the molecule is O=C(Nc1ccccc1C(=O)O)c1cc2cc(Cl)ccc2o1. The third-order valence-electron chi connectivity index (χ3n) is 3.11. The summed E-state index contributed by atoms with van der Waals surface area (Å²) in [6.07, 6.45) is 0. The molecule has 0 fully saturated rings. The van der Waals surface area contributed by atoms with Crippen LogP contribution in [-0.2, 0) is 0 Å². The van der Waals surface area contributed by atoms with Crippen molar-refractivity contribution in [2.24, 2.45) is 0 Å². The first-order valence-electron chi connectivity index (χ1n) is 6.37. The van der Waals surface area contributed by atoms with Crippen molar-refractivity contribution in [1.82, 2.24) is 0 Å². The molecule has 0 bridgehead atoms. The van der Waals surface area contributed by atoms with Gasteiger partial charge in [-0.25, -0.2) is 4.79 Å². The van der Waals surface area contributed by atoms with E-state index in [0.29, 0.717) is 16.0 Å². The molecule has 1 amide bonds. The predicted molar refractivity (Wildman–Crippen MR) is 82.6 cm³/mol. The van der Waals surface area contributed by atoms with Gasteiger partial charge >= 0.3 is 5.97 Å². The van der Waals surface area contributed by atoms with Gasteiger partial charge in [0, 0.05) is 10.4 Å². The second-order valence-corrected chi connectivity index (χ2v) is 5.03. The molecule has 0 radical (unpaired) electrons. The van der Waals surface area contributed by atoms with Gasteiger partial charge in [-0.1, -0.05) is 23.7 Å². The number of carboxylic acids is 1. The fraction of sp³-hybridized carbons (Fsp3) is 0. The zero-order valence-electron chi connectivity index (χ0n) is 11.2. The number of carbonyl (C=O) groups is 2. The minimum absolute atomic E-state index is 0.00926. The van der Waals surface area contributed by atoms with E-state index in [2.05, 4.69) is 5.32 Å². The van der Waals surface area contributed by atoms with Crippen LogP contribution in [0.2, 0.25) is 5.02 Å². The van der Waals surface area contributed by atoms with E-state index in [4.69, 9.17) is 21.1 Å². The van der Waals surface area contributed by atoms with Gasteiger partial charge in [0.15, 0.2) is 5.76 Å². The summed E-state index contributed by atoms with van der Waals surface area (Å²) in [7, 11) is 0. The van der Waals surface area contributed by atoms with Crippen LogP contribution in [0.3, 0.4) is 0 Å². The van der Waals surface area contributed by atoms with Gasteiger partial charge in [-0.15, -0.1) is 0 Å². The Morgan fingerprint density at radius 3 is 2.64 bits per heavy atom. The van der Waals surface area contributed by atoms with Crippen LogP contribution < -0.4 is 5.32 Å². The monoisotopic (exact) mass is 315 g/mol. The maximum Gasteiger partial charge on any atom is 0.337 e. The van der Waals surface area contributed by atoms with Gasteiger partial charge in [-0.3, -0.25) is 4.79 Å². The highest BCUT2D eigenvalue weighted by molar-refractivity contribution is 6.31. The van der Waals surface area contributed by atoms with Crippen molar-refractivity contribution in [3.05, 3.63) is 64.9 Å². The molecule has 0 aliphatic carbocycles. The average molecular weight is 316 g/mol. The summed E-state index contributed by atoms with van der Waals surface area (Å²) in [5, 5.41) is 12.9. The number of nitrogens with one attached hydrogen (secondary N) is 1. The molecule has 1 heterocycles. The second-order valence-electron chi connectivity index (χ2n) is 4.60. The first-order chi connectivity index (χ1) is 10.5. The Kier molecular flexibility index (Phi) is 3.56. The van der Waals surface area contributed by atoms with Crippen molar-refractivity contribution in [2.75, 3.05) is 5.32 Å². The molecule has 0 spiro atoms. The maximum atomic E-state index is 12.2. The van der Waals surface area contributed by atoms with Gasteiger partial charge in [0.25, 0.3) is 5.91 Å². The molecule has 6 heteroatoms. The Labute approximate surface area is 130 Å². The summed E-state index contributed by atoms with van der Waals surface area (Å²) >= 11 is 5.89. The van der Waals surface area contributed by atoms with Crippen molar-refractivity contribution in [2.45, 2.75) is 0 Å². The topological polar surface area (TPSA) is 79.5 Å². The van der Waals surface area contributed by atoms with E-state index in [1.807, 2.05) is 0 Å². The Hall–Kier alpha value is -2.79. The second kappa shape index (κ2) is 5.54. The number of hydrogen-bond donors (Lipinski definition) is 2. The van der Waals surface area contributed by atoms with E-state index in [1.165, 1.54) is 12.1 Å². The smallest absolute Gasteiger partial charge is 0.337 e. The Morgan fingerprint density at radius 2 is 1.86 bits per heavy atom. The van der Waals surface area contributed by atoms with Crippen LogP contribution in [0.15, 0.2) is 52.9 Å². The van der Waals surface area contributed by atoms with Crippen LogP contribution in [-0.4, -0.2) is 17.0 Å². The van der Waals surface area contributed by atoms with E-state index < -0.39 is 11.9 Å². The van der Waals surface area contributed by atoms with Gasteiger partial charge in [0.1, 0.15) is 5.58 Å². The predicted octanol–water partition coefficient (Wildman–Crippen LogP) is 4.04. The molecular formula is C16H10ClNO4. The fourth-order valence-electron chi connectivity index (χ4n) is 2.09. The van der Waals surface area contributed by atoms with Crippen molar-refractivity contribution >= 4 is 40.1 Å². The normalized spacial score (nSPS) is 10.6. The van der Waals surface area contributed by atoms with Crippen LogP contribution in [0, 0.1) is 0 Å². The van der Waals surface area contributed by atoms with Crippen LogP contribution >= 0.6 is 11.6 Å². The Balaban J connectivity index is 1.92. The van der Waals surface area contributed by atoms with Crippen LogP contribution in [0.5, 0.6) is 0 Å². The van der Waals surface area contributed by atoms with E-state index in [0.717, 1.165) is 0 Å². The summed E-state index contributed by atoms with van der Waals surface area (Å²) < 4.78 is 5.44. The molecule has 1 aromatic heterocycles. The molecular weight excluding hydrogens is 306 g/mol. The fourth-order valence-corrected chi connectivity index (χ4v) is 2.27.